The van der Waals surface area contributed by atoms with E-state index in [1.54, 1.807) is 29.2 Å². The van der Waals surface area contributed by atoms with Gasteiger partial charge in [-0.1, -0.05) is 0 Å². The number of hydrogen-bond donors (Lipinski definition) is 0. The van der Waals surface area contributed by atoms with E-state index >= 15 is 0 Å². The molecule has 36 heavy (non-hydrogen) atoms. The number of alkyl halides is 3. The topological polar surface area (TPSA) is 72.7 Å². The second-order valence-corrected chi connectivity index (χ2v) is 9.79. The number of halogens is 3. The Bertz CT molecular complexity index is 1230. The minimum atomic E-state index is -4.89. The molecular weight excluding hydrogens is 491 g/mol. The van der Waals surface area contributed by atoms with Crippen LogP contribution in [0.15, 0.2) is 36.5 Å². The molecule has 1 aromatic heterocycles. The highest BCUT2D eigenvalue weighted by molar-refractivity contribution is 7.81. The monoisotopic (exact) mass is 515 g/mol. The number of nitrogens with zero attached hydrogens (tertiary/aromatic N) is 5. The highest BCUT2D eigenvalue weighted by atomic mass is 32.1. The minimum absolute atomic E-state index is 0.0516. The number of piperidine rings is 1. The molecule has 3 fully saturated rings. The number of carbonyl (C=O) groups is 1. The average Bonchev–Trinajstić information content (AvgIpc) is 3.06. The Morgan fingerprint density at radius 2 is 1.83 bits per heavy atom. The van der Waals surface area contributed by atoms with E-state index in [1.807, 2.05) is 0 Å². The summed E-state index contributed by atoms with van der Waals surface area (Å²) in [4.78, 5) is 22.0. The molecule has 0 atom stereocenters. The highest BCUT2D eigenvalue weighted by Crippen LogP contribution is 2.49. The number of likely N-dealkylation sites (tertiary alicyclic amines) is 1. The summed E-state index contributed by atoms with van der Waals surface area (Å²) in [6, 6.07) is 9.74. The van der Waals surface area contributed by atoms with Crippen LogP contribution in [0.4, 0.5) is 24.5 Å². The van der Waals surface area contributed by atoms with Crippen molar-refractivity contribution in [3.63, 3.8) is 0 Å². The first-order valence-corrected chi connectivity index (χ1v) is 12.2. The van der Waals surface area contributed by atoms with Gasteiger partial charge in [-0.05, 0) is 81.7 Å². The van der Waals surface area contributed by atoms with Gasteiger partial charge in [0, 0.05) is 25.0 Å². The van der Waals surface area contributed by atoms with Crippen LogP contribution >= 0.6 is 12.2 Å². The fourth-order valence-corrected chi connectivity index (χ4v) is 5.63. The molecule has 1 spiro atoms. The molecule has 5 rings (SSSR count). The standard InChI is InChI=1S/C25H24F3N5O2S/c1-31-13-8-18(9-14-31)35-17-5-3-16(4-6-17)33-23(36)32(22(34)24(33)10-2-11-24)20-7-12-30-19(15-29)21(20)25(26,27)28/h3-7,12,18H,2,8-11,13-14H2,1H3. The summed E-state index contributed by atoms with van der Waals surface area (Å²) in [5, 5.41) is 9.20. The molecule has 0 unspecified atom stereocenters. The zero-order valence-corrected chi connectivity index (χ0v) is 20.4. The van der Waals surface area contributed by atoms with Gasteiger partial charge in [-0.15, -0.1) is 0 Å². The molecule has 2 saturated heterocycles. The zero-order valence-electron chi connectivity index (χ0n) is 19.6. The Morgan fingerprint density at radius 3 is 2.39 bits per heavy atom. The largest absolute Gasteiger partial charge is 0.490 e. The van der Waals surface area contributed by atoms with Crippen LogP contribution in [0, 0.1) is 11.3 Å². The third kappa shape index (κ3) is 3.98. The summed E-state index contributed by atoms with van der Waals surface area (Å²) in [7, 11) is 2.08. The molecule has 1 saturated carbocycles. The SMILES string of the molecule is CN1CCC(Oc2ccc(N3C(=S)N(c4ccnc(C#N)c4C(F)(F)F)C(=O)C34CCC4)cc2)CC1. The number of nitriles is 1. The predicted octanol–water partition coefficient (Wildman–Crippen LogP) is 4.51. The summed E-state index contributed by atoms with van der Waals surface area (Å²) < 4.78 is 48.0. The number of thiocarbonyl (C=S) groups is 1. The van der Waals surface area contributed by atoms with Gasteiger partial charge in [-0.25, -0.2) is 4.98 Å². The number of rotatable bonds is 4. The smallest absolute Gasteiger partial charge is 0.421 e. The lowest BCUT2D eigenvalue weighted by molar-refractivity contribution is -0.137. The molecule has 0 radical (unpaired) electrons. The number of ether oxygens (including phenoxy) is 1. The van der Waals surface area contributed by atoms with Crippen LogP contribution < -0.4 is 14.5 Å². The van der Waals surface area contributed by atoms with Gasteiger partial charge in [0.25, 0.3) is 5.91 Å². The van der Waals surface area contributed by atoms with Crippen molar-refractivity contribution in [2.75, 3.05) is 29.9 Å². The molecule has 7 nitrogen and oxygen atoms in total. The van der Waals surface area contributed by atoms with Gasteiger partial charge in [-0.3, -0.25) is 9.69 Å². The fraction of sp³-hybridized carbons (Fsp3) is 0.440. The molecular formula is C25H24F3N5O2S. The Labute approximate surface area is 212 Å². The summed E-state index contributed by atoms with van der Waals surface area (Å²) in [5.41, 5.74) is -2.98. The maximum atomic E-state index is 14.0. The first-order valence-electron chi connectivity index (χ1n) is 11.8. The zero-order chi connectivity index (χ0) is 25.7. The first kappa shape index (κ1) is 24.5. The van der Waals surface area contributed by atoms with Crippen LogP contribution in [0.2, 0.25) is 0 Å². The van der Waals surface area contributed by atoms with Crippen LogP contribution in [0.3, 0.4) is 0 Å². The predicted molar refractivity (Wildman–Crippen MR) is 131 cm³/mol. The number of hydrogen-bond acceptors (Lipinski definition) is 6. The van der Waals surface area contributed by atoms with Gasteiger partial charge >= 0.3 is 6.18 Å². The van der Waals surface area contributed by atoms with Gasteiger partial charge < -0.3 is 14.5 Å². The van der Waals surface area contributed by atoms with Crippen molar-refractivity contribution >= 4 is 34.6 Å². The molecule has 11 heteroatoms. The molecule has 0 N–H and O–H groups in total. The summed E-state index contributed by atoms with van der Waals surface area (Å²) >= 11 is 5.61. The fourth-order valence-electron chi connectivity index (χ4n) is 5.16. The second kappa shape index (κ2) is 9.01. The van der Waals surface area contributed by atoms with Crippen molar-refractivity contribution in [1.82, 2.24) is 9.88 Å². The lowest BCUT2D eigenvalue weighted by atomic mass is 9.75. The summed E-state index contributed by atoms with van der Waals surface area (Å²) in [6.07, 6.45) is -0.138. The number of benzene rings is 1. The molecule has 188 valence electrons. The molecule has 2 aromatic rings. The van der Waals surface area contributed by atoms with Crippen molar-refractivity contribution < 1.29 is 22.7 Å². The van der Waals surface area contributed by atoms with Crippen LogP contribution in [0.5, 0.6) is 5.75 Å². The molecule has 3 heterocycles. The normalized spacial score (nSPS) is 20.5. The van der Waals surface area contributed by atoms with Gasteiger partial charge in [0.05, 0.1) is 5.69 Å². The van der Waals surface area contributed by atoms with Crippen LogP contribution in [-0.4, -0.2) is 52.7 Å². The van der Waals surface area contributed by atoms with E-state index in [0.29, 0.717) is 24.3 Å². The van der Waals surface area contributed by atoms with Crippen molar-refractivity contribution in [3.8, 4) is 11.8 Å². The Kier molecular flexibility index (Phi) is 6.12. The van der Waals surface area contributed by atoms with E-state index in [9.17, 15) is 23.2 Å². The van der Waals surface area contributed by atoms with E-state index in [-0.39, 0.29) is 11.2 Å². The van der Waals surface area contributed by atoms with Crippen molar-refractivity contribution in [1.29, 1.82) is 5.26 Å². The maximum absolute atomic E-state index is 14.0. The quantitative estimate of drug-likeness (QED) is 0.555. The number of amides is 1. The summed E-state index contributed by atoms with van der Waals surface area (Å²) in [5.74, 6) is 0.169. The van der Waals surface area contributed by atoms with Crippen molar-refractivity contribution in [3.05, 3.63) is 47.8 Å². The van der Waals surface area contributed by atoms with E-state index in [1.165, 1.54) is 6.07 Å². The van der Waals surface area contributed by atoms with E-state index < -0.39 is 34.6 Å². The first-order chi connectivity index (χ1) is 17.2. The molecule has 0 bridgehead atoms. The molecule has 1 aromatic carbocycles. The van der Waals surface area contributed by atoms with Crippen LogP contribution in [0.25, 0.3) is 0 Å². The van der Waals surface area contributed by atoms with Crippen LogP contribution in [0.1, 0.15) is 43.4 Å². The molecule has 3 aliphatic rings. The molecule has 1 aliphatic carbocycles. The lowest BCUT2D eigenvalue weighted by Crippen LogP contribution is -2.55. The second-order valence-electron chi connectivity index (χ2n) is 9.42. The lowest BCUT2D eigenvalue weighted by Gasteiger charge is -2.43. The Morgan fingerprint density at radius 1 is 1.17 bits per heavy atom. The van der Waals surface area contributed by atoms with Gasteiger partial charge in [-0.2, -0.15) is 18.4 Å². The van der Waals surface area contributed by atoms with Crippen molar-refractivity contribution in [2.24, 2.45) is 0 Å². The number of pyridine rings is 1. The van der Waals surface area contributed by atoms with E-state index in [4.69, 9.17) is 17.0 Å². The van der Waals surface area contributed by atoms with Gasteiger partial charge in [0.15, 0.2) is 10.8 Å². The van der Waals surface area contributed by atoms with Crippen LogP contribution in [-0.2, 0) is 11.0 Å². The number of anilines is 2. The number of aromatic nitrogens is 1. The third-order valence-electron chi connectivity index (χ3n) is 7.22. The average molecular weight is 516 g/mol. The van der Waals surface area contributed by atoms with Crippen molar-refractivity contribution in [2.45, 2.75) is 49.9 Å². The third-order valence-corrected chi connectivity index (χ3v) is 7.58. The Balaban J connectivity index is 1.47. The Hall–Kier alpha value is -3.23. The van der Waals surface area contributed by atoms with Gasteiger partial charge in [0.1, 0.15) is 29.0 Å². The number of carbonyl (C=O) groups excluding carboxylic acids is 1. The molecule has 2 aliphatic heterocycles. The minimum Gasteiger partial charge on any atom is -0.490 e. The maximum Gasteiger partial charge on any atom is 0.421 e. The highest BCUT2D eigenvalue weighted by Gasteiger charge is 2.60. The summed E-state index contributed by atoms with van der Waals surface area (Å²) in [6.45, 7) is 1.93. The van der Waals surface area contributed by atoms with Gasteiger partial charge in [0.2, 0.25) is 0 Å². The van der Waals surface area contributed by atoms with E-state index in [0.717, 1.165) is 49.5 Å². The molecule has 1 amide bonds. The van der Waals surface area contributed by atoms with E-state index in [2.05, 4.69) is 16.9 Å².